The van der Waals surface area contributed by atoms with Crippen molar-refractivity contribution >= 4 is 34.7 Å². The van der Waals surface area contributed by atoms with Gasteiger partial charge in [-0.1, -0.05) is 48.5 Å². The summed E-state index contributed by atoms with van der Waals surface area (Å²) in [5, 5.41) is 23.0. The van der Waals surface area contributed by atoms with E-state index in [9.17, 15) is 29.4 Å². The maximum atomic E-state index is 14.2. The van der Waals surface area contributed by atoms with Gasteiger partial charge in [-0.3, -0.25) is 14.4 Å². The molecule has 1 aliphatic heterocycles. The van der Waals surface area contributed by atoms with E-state index in [1.54, 1.807) is 37.3 Å². The number of carboxylic acid groups (broad SMARTS) is 1. The van der Waals surface area contributed by atoms with Gasteiger partial charge in [-0.25, -0.2) is 4.90 Å². The Morgan fingerprint density at radius 3 is 2.38 bits per heavy atom. The number of para-hydroxylation sites is 1. The number of benzene rings is 2. The van der Waals surface area contributed by atoms with Gasteiger partial charge in [0.1, 0.15) is 11.8 Å². The summed E-state index contributed by atoms with van der Waals surface area (Å²) in [4.78, 5) is 56.5. The van der Waals surface area contributed by atoms with E-state index in [0.29, 0.717) is 30.2 Å². The van der Waals surface area contributed by atoms with Crippen molar-refractivity contribution in [1.82, 2.24) is 9.88 Å². The van der Waals surface area contributed by atoms with E-state index in [1.165, 1.54) is 0 Å². The third-order valence-corrected chi connectivity index (χ3v) is 7.90. The van der Waals surface area contributed by atoms with E-state index in [-0.39, 0.29) is 18.7 Å². The fourth-order valence-corrected chi connectivity index (χ4v) is 5.83. The van der Waals surface area contributed by atoms with Gasteiger partial charge in [-0.15, -0.1) is 0 Å². The first-order valence-electron chi connectivity index (χ1n) is 13.4. The number of nitrogens with zero attached hydrogens (tertiary/aromatic N) is 2. The molecule has 0 bridgehead atoms. The Morgan fingerprint density at radius 1 is 1.10 bits per heavy atom. The molecular weight excluding hydrogens is 514 g/mol. The van der Waals surface area contributed by atoms with E-state index in [2.05, 4.69) is 4.98 Å². The zero-order valence-corrected chi connectivity index (χ0v) is 22.4. The van der Waals surface area contributed by atoms with Crippen molar-refractivity contribution in [2.45, 2.75) is 63.4 Å². The number of H-pyrrole nitrogens is 1. The van der Waals surface area contributed by atoms with Crippen LogP contribution in [0.2, 0.25) is 0 Å². The molecule has 1 aliphatic rings. The van der Waals surface area contributed by atoms with Gasteiger partial charge in [-0.05, 0) is 37.5 Å². The summed E-state index contributed by atoms with van der Waals surface area (Å²) in [6.07, 6.45) is -3.26. The minimum Gasteiger partial charge on any atom is -0.435 e. The highest BCUT2D eigenvalue weighted by Gasteiger charge is 2.59. The largest absolute Gasteiger partial charge is 0.515 e. The number of likely N-dealkylation sites (tertiary alicyclic amines) is 1. The fourth-order valence-electron chi connectivity index (χ4n) is 5.83. The molecule has 0 radical (unpaired) electrons. The first kappa shape index (κ1) is 28.9. The highest BCUT2D eigenvalue weighted by atomic mass is 16.4. The average Bonchev–Trinajstić information content (AvgIpc) is 3.54. The molecule has 5 atom stereocenters. The third kappa shape index (κ3) is 5.62. The lowest BCUT2D eigenvalue weighted by Gasteiger charge is -2.46. The Labute approximate surface area is 231 Å². The van der Waals surface area contributed by atoms with Gasteiger partial charge < -0.3 is 26.7 Å². The van der Waals surface area contributed by atoms with Crippen molar-refractivity contribution in [3.05, 3.63) is 71.9 Å². The molecule has 2 heterocycles. The molecule has 0 saturated carbocycles. The van der Waals surface area contributed by atoms with Crippen LogP contribution in [0.25, 0.3) is 10.9 Å². The van der Waals surface area contributed by atoms with Crippen LogP contribution in [0.1, 0.15) is 48.7 Å². The number of hydrogen-bond donors (Lipinski definition) is 5. The summed E-state index contributed by atoms with van der Waals surface area (Å²) in [5.74, 6) is -2.68. The molecule has 212 valence electrons. The van der Waals surface area contributed by atoms with Crippen LogP contribution in [0.3, 0.4) is 0 Å². The molecule has 1 saturated heterocycles. The van der Waals surface area contributed by atoms with Gasteiger partial charge >= 0.3 is 6.09 Å². The predicted molar refractivity (Wildman–Crippen MR) is 148 cm³/mol. The number of rotatable bonds is 10. The van der Waals surface area contributed by atoms with Gasteiger partial charge in [0.05, 0.1) is 25.0 Å². The van der Waals surface area contributed by atoms with E-state index in [0.717, 1.165) is 10.5 Å². The predicted octanol–water partition coefficient (Wildman–Crippen LogP) is 2.34. The molecule has 3 aromatic rings. The van der Waals surface area contributed by atoms with Gasteiger partial charge in [-0.2, -0.15) is 9.28 Å². The Balaban J connectivity index is 1.84. The number of aromatic amines is 1. The van der Waals surface area contributed by atoms with Gasteiger partial charge in [0.25, 0.3) is 11.8 Å². The molecule has 2 aromatic carbocycles. The maximum absolute atomic E-state index is 14.2. The number of fused-ring (bicyclic) bond motifs is 1. The maximum Gasteiger partial charge on any atom is 0.515 e. The second kappa shape index (κ2) is 12.0. The number of quaternary nitrogens is 1. The lowest BCUT2D eigenvalue weighted by molar-refractivity contribution is -0.904. The summed E-state index contributed by atoms with van der Waals surface area (Å²) in [6.45, 7) is 1.83. The normalized spacial score (nSPS) is 21.0. The topological polar surface area (TPSA) is 180 Å². The number of aliphatic hydroxyl groups excluding tert-OH is 1. The highest BCUT2D eigenvalue weighted by Crippen LogP contribution is 2.36. The molecule has 4 amide bonds. The summed E-state index contributed by atoms with van der Waals surface area (Å²) >= 11 is 0. The van der Waals surface area contributed by atoms with Crippen LogP contribution < -0.4 is 11.5 Å². The zero-order chi connectivity index (χ0) is 29.0. The molecule has 0 aliphatic carbocycles. The van der Waals surface area contributed by atoms with Gasteiger partial charge in [0, 0.05) is 23.7 Å². The lowest BCUT2D eigenvalue weighted by atomic mass is 10.0. The van der Waals surface area contributed by atoms with Crippen LogP contribution in [-0.2, 0) is 16.0 Å². The average molecular weight is 551 g/mol. The Hall–Kier alpha value is -4.06. The van der Waals surface area contributed by atoms with Crippen LogP contribution in [0.5, 0.6) is 0 Å². The second-order valence-corrected chi connectivity index (χ2v) is 10.5. The SMILES string of the molecule is C[C@@H]1CCC[N+]1(C(=O)O)C(C(O)CCc1ccccc1)N(C(=O)c1cc2ccccc2[nH]1)C(=O)[C@@H](N)CC(N)=O. The number of primary amides is 1. The second-order valence-electron chi connectivity index (χ2n) is 10.5. The van der Waals surface area contributed by atoms with Gasteiger partial charge in [0.2, 0.25) is 12.1 Å². The number of hydrogen-bond acceptors (Lipinski definition) is 6. The zero-order valence-electron chi connectivity index (χ0n) is 22.4. The van der Waals surface area contributed by atoms with E-state index >= 15 is 0 Å². The van der Waals surface area contributed by atoms with Crippen molar-refractivity contribution in [2.24, 2.45) is 11.5 Å². The summed E-state index contributed by atoms with van der Waals surface area (Å²) in [6, 6.07) is 16.0. The standard InChI is InChI=1S/C29H35N5O6/c1-18-8-7-15-34(18,29(39)40)26(24(35)14-13-19-9-3-2-4-10-19)33(27(37)21(30)17-25(31)36)28(38)23-16-20-11-5-6-12-22(20)32-23/h2-6,9-12,16,18,21,24,26,35H,7-8,13-15,17,30H2,1H3,(H3-,31,32,36,38,39,40)/p+1/t18-,21+,24?,26?,34?/m1/s1. The lowest BCUT2D eigenvalue weighted by Crippen LogP contribution is -2.73. The number of nitrogens with one attached hydrogen (secondary N) is 1. The Kier molecular flexibility index (Phi) is 8.67. The molecule has 7 N–H and O–H groups in total. The number of carbonyl (C=O) groups excluding carboxylic acids is 3. The first-order chi connectivity index (χ1) is 19.1. The van der Waals surface area contributed by atoms with E-state index in [1.807, 2.05) is 30.3 Å². The van der Waals surface area contributed by atoms with Crippen LogP contribution in [-0.4, -0.2) is 79.3 Å². The summed E-state index contributed by atoms with van der Waals surface area (Å²) in [7, 11) is 0. The quantitative estimate of drug-likeness (QED) is 0.240. The minimum atomic E-state index is -1.51. The molecule has 3 unspecified atom stereocenters. The first-order valence-corrected chi connectivity index (χ1v) is 13.4. The monoisotopic (exact) mass is 550 g/mol. The molecule has 11 nitrogen and oxygen atoms in total. The van der Waals surface area contributed by atoms with Crippen molar-refractivity contribution in [3.8, 4) is 0 Å². The Bertz CT molecular complexity index is 1360. The fraction of sp³-hybridized carbons (Fsp3) is 0.379. The van der Waals surface area contributed by atoms with Crippen molar-refractivity contribution in [3.63, 3.8) is 0 Å². The van der Waals surface area contributed by atoms with Crippen molar-refractivity contribution in [1.29, 1.82) is 0 Å². The number of imide groups is 1. The van der Waals surface area contributed by atoms with E-state index < -0.39 is 59.1 Å². The summed E-state index contributed by atoms with van der Waals surface area (Å²) < 4.78 is -0.725. The Morgan fingerprint density at radius 2 is 1.77 bits per heavy atom. The van der Waals surface area contributed by atoms with Crippen molar-refractivity contribution < 1.29 is 33.9 Å². The summed E-state index contributed by atoms with van der Waals surface area (Å²) in [5.41, 5.74) is 12.9. The molecular formula is C29H36N5O6+. The molecule has 0 spiro atoms. The molecule has 1 aromatic heterocycles. The van der Waals surface area contributed by atoms with Crippen LogP contribution in [0.4, 0.5) is 4.79 Å². The number of aryl methyl sites for hydroxylation is 1. The van der Waals surface area contributed by atoms with Crippen LogP contribution >= 0.6 is 0 Å². The highest BCUT2D eigenvalue weighted by molar-refractivity contribution is 6.08. The molecule has 1 fully saturated rings. The third-order valence-electron chi connectivity index (χ3n) is 7.90. The van der Waals surface area contributed by atoms with Gasteiger partial charge in [0.15, 0.2) is 0 Å². The van der Waals surface area contributed by atoms with Crippen LogP contribution in [0.15, 0.2) is 60.7 Å². The number of aliphatic hydroxyl groups is 1. The molecule has 11 heteroatoms. The molecule has 40 heavy (non-hydrogen) atoms. The number of nitrogens with two attached hydrogens (primary N) is 2. The van der Waals surface area contributed by atoms with Crippen LogP contribution in [0, 0.1) is 0 Å². The number of amides is 4. The van der Waals surface area contributed by atoms with E-state index in [4.69, 9.17) is 11.5 Å². The number of aromatic nitrogens is 1. The smallest absolute Gasteiger partial charge is 0.435 e. The minimum absolute atomic E-state index is 0.0245. The molecule has 4 rings (SSSR count). The van der Waals surface area contributed by atoms with Crippen molar-refractivity contribution in [2.75, 3.05) is 6.54 Å². The number of carbonyl (C=O) groups is 4.